The van der Waals surface area contributed by atoms with Gasteiger partial charge in [-0.3, -0.25) is 9.69 Å². The summed E-state index contributed by atoms with van der Waals surface area (Å²) < 4.78 is 24.5. The molecule has 1 aromatic heterocycles. The Labute approximate surface area is 175 Å². The minimum atomic E-state index is -3.30. The number of nitrogens with zero attached hydrogens (tertiary/aromatic N) is 3. The van der Waals surface area contributed by atoms with Crippen molar-refractivity contribution in [1.82, 2.24) is 9.88 Å². The van der Waals surface area contributed by atoms with Crippen molar-refractivity contribution in [3.05, 3.63) is 53.1 Å². The predicted octanol–water partition coefficient (Wildman–Crippen LogP) is 3.53. The quantitative estimate of drug-likeness (QED) is 0.597. The van der Waals surface area contributed by atoms with Crippen molar-refractivity contribution >= 4 is 42.4 Å². The fourth-order valence-electron chi connectivity index (χ4n) is 3.02. The molecular weight excluding hydrogens is 406 g/mol. The van der Waals surface area contributed by atoms with E-state index in [0.717, 1.165) is 15.8 Å². The lowest BCUT2D eigenvalue weighted by atomic mass is 10.0. The summed E-state index contributed by atoms with van der Waals surface area (Å²) in [7, 11) is 0.606. The highest BCUT2D eigenvalue weighted by molar-refractivity contribution is 7.90. The third-order valence-corrected chi connectivity index (χ3v) is 6.79. The molecule has 6 nitrogen and oxygen atoms in total. The summed E-state index contributed by atoms with van der Waals surface area (Å²) >= 11 is 1.33. The highest BCUT2D eigenvalue weighted by Gasteiger charge is 2.23. The molecule has 8 heteroatoms. The monoisotopic (exact) mass is 431 g/mol. The van der Waals surface area contributed by atoms with Crippen molar-refractivity contribution in [3.8, 4) is 0 Å². The molecule has 0 aliphatic heterocycles. The highest BCUT2D eigenvalue weighted by atomic mass is 32.2. The molecule has 0 unspecified atom stereocenters. The molecule has 0 spiro atoms. The van der Waals surface area contributed by atoms with Crippen LogP contribution in [0.4, 0.5) is 5.13 Å². The summed E-state index contributed by atoms with van der Waals surface area (Å²) in [5, 5.41) is 0.567. The van der Waals surface area contributed by atoms with E-state index in [4.69, 9.17) is 0 Å². The molecule has 1 amide bonds. The van der Waals surface area contributed by atoms with Gasteiger partial charge >= 0.3 is 0 Å². The molecule has 0 aliphatic carbocycles. The molecule has 29 heavy (non-hydrogen) atoms. The second kappa shape index (κ2) is 8.22. The fourth-order valence-corrected chi connectivity index (χ4v) is 4.77. The van der Waals surface area contributed by atoms with Crippen LogP contribution in [0.15, 0.2) is 41.3 Å². The largest absolute Gasteiger partial charge is 0.308 e. The molecule has 2 aromatic carbocycles. The van der Waals surface area contributed by atoms with Crippen LogP contribution in [0.2, 0.25) is 0 Å². The summed E-state index contributed by atoms with van der Waals surface area (Å²) in [6.45, 7) is 5.10. The van der Waals surface area contributed by atoms with Crippen LogP contribution in [0.3, 0.4) is 0 Å². The summed E-state index contributed by atoms with van der Waals surface area (Å²) in [6, 6.07) is 10.6. The SMILES string of the molecule is Cc1ccc(C(=O)N(CCN(C)C)c2nc3ccc(S(C)(=O)=O)cc3s2)c(C)c1. The van der Waals surface area contributed by atoms with Crippen molar-refractivity contribution < 1.29 is 13.2 Å². The number of thiazole rings is 1. The Kier molecular flexibility index (Phi) is 6.07. The van der Waals surface area contributed by atoms with Gasteiger partial charge in [-0.25, -0.2) is 13.4 Å². The first-order chi connectivity index (χ1) is 13.6. The number of fused-ring (bicyclic) bond motifs is 1. The zero-order valence-corrected chi connectivity index (χ0v) is 18.9. The van der Waals surface area contributed by atoms with Gasteiger partial charge in [-0.1, -0.05) is 29.0 Å². The van der Waals surface area contributed by atoms with Crippen LogP contribution in [-0.4, -0.2) is 57.6 Å². The van der Waals surface area contributed by atoms with E-state index >= 15 is 0 Å². The van der Waals surface area contributed by atoms with Gasteiger partial charge in [0.2, 0.25) is 0 Å². The Bertz CT molecular complexity index is 1170. The first kappa shape index (κ1) is 21.4. The van der Waals surface area contributed by atoms with Crippen molar-refractivity contribution in [2.75, 3.05) is 38.3 Å². The number of hydrogen-bond donors (Lipinski definition) is 0. The van der Waals surface area contributed by atoms with Gasteiger partial charge in [-0.05, 0) is 57.8 Å². The van der Waals surface area contributed by atoms with Gasteiger partial charge in [-0.2, -0.15) is 0 Å². The van der Waals surface area contributed by atoms with Crippen molar-refractivity contribution in [1.29, 1.82) is 0 Å². The number of amides is 1. The smallest absolute Gasteiger partial charge is 0.260 e. The molecule has 3 rings (SSSR count). The Balaban J connectivity index is 2.05. The van der Waals surface area contributed by atoms with Gasteiger partial charge in [0.25, 0.3) is 5.91 Å². The minimum absolute atomic E-state index is 0.105. The van der Waals surface area contributed by atoms with E-state index in [2.05, 4.69) is 4.98 Å². The Morgan fingerprint density at radius 1 is 1.07 bits per heavy atom. The van der Waals surface area contributed by atoms with E-state index in [9.17, 15) is 13.2 Å². The number of rotatable bonds is 6. The average molecular weight is 432 g/mol. The normalized spacial score (nSPS) is 11.9. The molecule has 0 radical (unpaired) electrons. The Morgan fingerprint density at radius 3 is 2.41 bits per heavy atom. The Hall–Kier alpha value is -2.29. The summed E-state index contributed by atoms with van der Waals surface area (Å²) in [5.74, 6) is -0.105. The van der Waals surface area contributed by atoms with Crippen LogP contribution in [-0.2, 0) is 9.84 Å². The van der Waals surface area contributed by atoms with Crippen LogP contribution in [0.5, 0.6) is 0 Å². The molecule has 154 valence electrons. The van der Waals surface area contributed by atoms with Crippen molar-refractivity contribution in [2.45, 2.75) is 18.7 Å². The molecular formula is C21H25N3O3S2. The zero-order valence-electron chi connectivity index (χ0n) is 17.3. The summed E-state index contributed by atoms with van der Waals surface area (Å²) in [4.78, 5) is 21.9. The van der Waals surface area contributed by atoms with E-state index in [0.29, 0.717) is 29.3 Å². The number of hydrogen-bond acceptors (Lipinski definition) is 6. The molecule has 0 N–H and O–H groups in total. The van der Waals surface area contributed by atoms with Gasteiger partial charge in [-0.15, -0.1) is 0 Å². The lowest BCUT2D eigenvalue weighted by molar-refractivity contribution is 0.0984. The predicted molar refractivity (Wildman–Crippen MR) is 119 cm³/mol. The molecule has 3 aromatic rings. The number of aryl methyl sites for hydroxylation is 2. The number of likely N-dealkylation sites (N-methyl/N-ethyl adjacent to an activating group) is 1. The van der Waals surface area contributed by atoms with E-state index < -0.39 is 9.84 Å². The number of carbonyl (C=O) groups is 1. The lowest BCUT2D eigenvalue weighted by Gasteiger charge is -2.22. The number of benzene rings is 2. The molecule has 0 fully saturated rings. The average Bonchev–Trinajstić information content (AvgIpc) is 3.03. The van der Waals surface area contributed by atoms with Gasteiger partial charge in [0.05, 0.1) is 15.1 Å². The molecule has 0 saturated heterocycles. The molecule has 0 atom stereocenters. The maximum Gasteiger partial charge on any atom is 0.260 e. The number of aromatic nitrogens is 1. The number of sulfone groups is 1. The van der Waals surface area contributed by atoms with Crippen molar-refractivity contribution in [2.24, 2.45) is 0 Å². The van der Waals surface area contributed by atoms with Crippen LogP contribution in [0.25, 0.3) is 10.2 Å². The lowest BCUT2D eigenvalue weighted by Crippen LogP contribution is -2.37. The van der Waals surface area contributed by atoms with Gasteiger partial charge in [0.15, 0.2) is 15.0 Å². The number of carbonyl (C=O) groups excluding carboxylic acids is 1. The fraction of sp³-hybridized carbons (Fsp3) is 0.333. The van der Waals surface area contributed by atoms with Crippen LogP contribution < -0.4 is 4.90 Å². The first-order valence-electron chi connectivity index (χ1n) is 9.21. The zero-order chi connectivity index (χ0) is 21.3. The Morgan fingerprint density at radius 2 is 1.79 bits per heavy atom. The molecule has 1 heterocycles. The van der Waals surface area contributed by atoms with Crippen LogP contribution in [0.1, 0.15) is 21.5 Å². The summed E-state index contributed by atoms with van der Waals surface area (Å²) in [5.41, 5.74) is 3.35. The van der Waals surface area contributed by atoms with Crippen LogP contribution in [0, 0.1) is 13.8 Å². The minimum Gasteiger partial charge on any atom is -0.308 e. The van der Waals surface area contributed by atoms with Gasteiger partial charge in [0, 0.05) is 24.9 Å². The molecule has 0 bridgehead atoms. The van der Waals surface area contributed by atoms with E-state index in [-0.39, 0.29) is 10.8 Å². The molecule has 0 saturated carbocycles. The third-order valence-electron chi connectivity index (χ3n) is 4.64. The second-order valence-electron chi connectivity index (χ2n) is 7.48. The van der Waals surface area contributed by atoms with Crippen LogP contribution >= 0.6 is 11.3 Å². The first-order valence-corrected chi connectivity index (χ1v) is 11.9. The molecule has 0 aliphatic rings. The maximum atomic E-state index is 13.4. The number of anilines is 1. The van der Waals surface area contributed by atoms with E-state index in [1.54, 1.807) is 23.1 Å². The van der Waals surface area contributed by atoms with E-state index in [1.807, 2.05) is 51.0 Å². The second-order valence-corrected chi connectivity index (χ2v) is 10.5. The summed E-state index contributed by atoms with van der Waals surface area (Å²) in [6.07, 6.45) is 1.18. The topological polar surface area (TPSA) is 70.6 Å². The maximum absolute atomic E-state index is 13.4. The van der Waals surface area contributed by atoms with E-state index in [1.165, 1.54) is 17.6 Å². The van der Waals surface area contributed by atoms with Gasteiger partial charge < -0.3 is 4.90 Å². The standard InChI is InChI=1S/C21H25N3O3S2/c1-14-6-8-17(15(2)12-14)20(25)24(11-10-23(3)4)21-22-18-9-7-16(29(5,26)27)13-19(18)28-21/h6-9,12-13H,10-11H2,1-5H3. The third kappa shape index (κ3) is 4.83. The van der Waals surface area contributed by atoms with Crippen molar-refractivity contribution in [3.63, 3.8) is 0 Å². The van der Waals surface area contributed by atoms with Gasteiger partial charge in [0.1, 0.15) is 0 Å². The highest BCUT2D eigenvalue weighted by Crippen LogP contribution is 2.31.